The number of alkyl carbamates (subject to hydrolysis) is 1. The Hall–Kier alpha value is -2.87. The molecule has 2 aliphatic rings. The standard InChI is InChI=1S/C23H30N2O6/c1-2-10-29-22(27)20-13-19-15-25(20)21(26)14-24-23(28)30-11-5-3-4-7-17-8-6-9-18(12-17)16-31-19/h4,6-9,12,19-20H,2-3,5,10-11,13-16H2,1H3,(H,24,28)/b7-4+/t19-,20+/m1/s1. The number of nitrogens with zero attached hydrogens (tertiary/aromatic N) is 1. The van der Waals surface area contributed by atoms with Gasteiger partial charge in [-0.1, -0.05) is 37.3 Å². The molecular formula is C23H30N2O6. The van der Waals surface area contributed by atoms with Crippen LogP contribution in [0.3, 0.4) is 0 Å². The first-order chi connectivity index (χ1) is 15.1. The number of hydrogen-bond donors (Lipinski definition) is 1. The molecule has 2 amide bonds. The number of carbonyl (C=O) groups is 3. The van der Waals surface area contributed by atoms with Crippen LogP contribution in [0.1, 0.15) is 43.7 Å². The number of rotatable bonds is 3. The summed E-state index contributed by atoms with van der Waals surface area (Å²) < 4.78 is 16.4. The van der Waals surface area contributed by atoms with Gasteiger partial charge in [0.05, 0.1) is 25.9 Å². The van der Waals surface area contributed by atoms with Crippen molar-refractivity contribution in [2.75, 3.05) is 26.3 Å². The SMILES string of the molecule is CCCOC(=O)[C@@H]1C[C@@H]2CN1C(=O)CNC(=O)OCCC/C=C/c1cccc(c1)CO2. The maximum atomic E-state index is 12.7. The van der Waals surface area contributed by atoms with Crippen LogP contribution in [0.25, 0.3) is 6.08 Å². The fraction of sp³-hybridized carbons (Fsp3) is 0.522. The summed E-state index contributed by atoms with van der Waals surface area (Å²) in [6, 6.07) is 7.30. The fourth-order valence-electron chi connectivity index (χ4n) is 3.60. The van der Waals surface area contributed by atoms with Crippen molar-refractivity contribution >= 4 is 24.0 Å². The molecule has 0 unspecified atom stereocenters. The summed E-state index contributed by atoms with van der Waals surface area (Å²) in [4.78, 5) is 38.5. The Balaban J connectivity index is 1.74. The van der Waals surface area contributed by atoms with Crippen molar-refractivity contribution < 1.29 is 28.6 Å². The summed E-state index contributed by atoms with van der Waals surface area (Å²) in [6.07, 6.45) is 5.63. The highest BCUT2D eigenvalue weighted by molar-refractivity contribution is 5.88. The molecule has 1 N–H and O–H groups in total. The van der Waals surface area contributed by atoms with E-state index < -0.39 is 18.1 Å². The van der Waals surface area contributed by atoms with E-state index in [0.29, 0.717) is 32.5 Å². The first-order valence-electron chi connectivity index (χ1n) is 10.8. The van der Waals surface area contributed by atoms with E-state index in [9.17, 15) is 14.4 Å². The number of fused-ring (bicyclic) bond motifs is 4. The summed E-state index contributed by atoms with van der Waals surface area (Å²) in [5.74, 6) is -0.811. The van der Waals surface area contributed by atoms with Gasteiger partial charge in [0.1, 0.15) is 12.6 Å². The molecule has 2 atom stereocenters. The molecule has 8 nitrogen and oxygen atoms in total. The molecule has 1 aromatic rings. The zero-order valence-corrected chi connectivity index (χ0v) is 17.9. The lowest BCUT2D eigenvalue weighted by Crippen LogP contribution is -2.46. The highest BCUT2D eigenvalue weighted by atomic mass is 16.5. The molecule has 0 spiro atoms. The van der Waals surface area contributed by atoms with Crippen LogP contribution in [0, 0.1) is 0 Å². The molecule has 1 fully saturated rings. The second-order valence-corrected chi connectivity index (χ2v) is 7.68. The van der Waals surface area contributed by atoms with Crippen molar-refractivity contribution in [1.29, 1.82) is 0 Å². The minimum absolute atomic E-state index is 0.245. The maximum Gasteiger partial charge on any atom is 0.407 e. The minimum atomic E-state index is -0.724. The molecule has 2 heterocycles. The Kier molecular flexibility index (Phi) is 8.46. The van der Waals surface area contributed by atoms with Crippen LogP contribution in [-0.2, 0) is 30.4 Å². The summed E-state index contributed by atoms with van der Waals surface area (Å²) >= 11 is 0. The predicted octanol–water partition coefficient (Wildman–Crippen LogP) is 2.66. The van der Waals surface area contributed by atoms with Crippen molar-refractivity contribution in [3.63, 3.8) is 0 Å². The van der Waals surface area contributed by atoms with Crippen molar-refractivity contribution in [3.8, 4) is 0 Å². The van der Waals surface area contributed by atoms with E-state index in [-0.39, 0.29) is 31.7 Å². The number of hydrogen-bond acceptors (Lipinski definition) is 6. The van der Waals surface area contributed by atoms with Crippen LogP contribution in [0.4, 0.5) is 4.79 Å². The number of cyclic esters (lactones) is 1. The maximum absolute atomic E-state index is 12.7. The van der Waals surface area contributed by atoms with Gasteiger partial charge in [0.15, 0.2) is 0 Å². The van der Waals surface area contributed by atoms with Gasteiger partial charge in [0.25, 0.3) is 0 Å². The molecule has 31 heavy (non-hydrogen) atoms. The highest BCUT2D eigenvalue weighted by Gasteiger charge is 2.41. The highest BCUT2D eigenvalue weighted by Crippen LogP contribution is 2.23. The zero-order valence-electron chi connectivity index (χ0n) is 17.9. The molecule has 0 saturated carbocycles. The summed E-state index contributed by atoms with van der Waals surface area (Å²) in [7, 11) is 0. The third-order valence-corrected chi connectivity index (χ3v) is 5.18. The third-order valence-electron chi connectivity index (χ3n) is 5.18. The molecule has 8 heteroatoms. The average Bonchev–Trinajstić information content (AvgIpc) is 3.21. The quantitative estimate of drug-likeness (QED) is 0.741. The van der Waals surface area contributed by atoms with Gasteiger partial charge < -0.3 is 24.4 Å². The van der Waals surface area contributed by atoms with Gasteiger partial charge in [0.2, 0.25) is 5.91 Å². The molecule has 4 bridgehead atoms. The average molecular weight is 431 g/mol. The Morgan fingerprint density at radius 3 is 3.03 bits per heavy atom. The molecule has 1 saturated heterocycles. The van der Waals surface area contributed by atoms with Crippen LogP contribution in [-0.4, -0.2) is 61.3 Å². The molecule has 168 valence electrons. The Labute approximate surface area is 182 Å². The minimum Gasteiger partial charge on any atom is -0.464 e. The van der Waals surface area contributed by atoms with E-state index in [0.717, 1.165) is 17.5 Å². The van der Waals surface area contributed by atoms with Crippen LogP contribution in [0.15, 0.2) is 30.3 Å². The lowest BCUT2D eigenvalue weighted by molar-refractivity contribution is -0.153. The van der Waals surface area contributed by atoms with E-state index in [1.54, 1.807) is 0 Å². The van der Waals surface area contributed by atoms with Gasteiger partial charge in [-0.3, -0.25) is 4.79 Å². The van der Waals surface area contributed by atoms with Crippen LogP contribution >= 0.6 is 0 Å². The first-order valence-corrected chi connectivity index (χ1v) is 10.8. The number of amides is 2. The normalized spacial score (nSPS) is 23.8. The Morgan fingerprint density at radius 1 is 1.32 bits per heavy atom. The van der Waals surface area contributed by atoms with Gasteiger partial charge in [-0.15, -0.1) is 0 Å². The summed E-state index contributed by atoms with van der Waals surface area (Å²) in [5, 5.41) is 2.46. The van der Waals surface area contributed by atoms with E-state index in [1.165, 1.54) is 4.90 Å². The lowest BCUT2D eigenvalue weighted by Gasteiger charge is -2.23. The van der Waals surface area contributed by atoms with E-state index in [1.807, 2.05) is 37.3 Å². The van der Waals surface area contributed by atoms with Gasteiger partial charge >= 0.3 is 12.1 Å². The Morgan fingerprint density at radius 2 is 2.19 bits per heavy atom. The van der Waals surface area contributed by atoms with Crippen molar-refractivity contribution in [3.05, 3.63) is 41.5 Å². The second kappa shape index (κ2) is 11.5. The third kappa shape index (κ3) is 6.82. The molecule has 3 rings (SSSR count). The molecule has 0 aliphatic carbocycles. The number of nitrogens with one attached hydrogen (secondary N) is 1. The number of esters is 1. The van der Waals surface area contributed by atoms with E-state index >= 15 is 0 Å². The van der Waals surface area contributed by atoms with Crippen LogP contribution in [0.2, 0.25) is 0 Å². The number of ether oxygens (including phenoxy) is 3. The zero-order chi connectivity index (χ0) is 22.1. The molecule has 1 aromatic carbocycles. The number of allylic oxidation sites excluding steroid dienone is 1. The smallest absolute Gasteiger partial charge is 0.407 e. The fourth-order valence-corrected chi connectivity index (χ4v) is 3.60. The van der Waals surface area contributed by atoms with E-state index in [4.69, 9.17) is 14.2 Å². The van der Waals surface area contributed by atoms with Crippen LogP contribution < -0.4 is 5.32 Å². The number of benzene rings is 1. The Bertz CT molecular complexity index is 809. The van der Waals surface area contributed by atoms with Crippen molar-refractivity contribution in [1.82, 2.24) is 10.2 Å². The van der Waals surface area contributed by atoms with Gasteiger partial charge in [-0.05, 0) is 36.5 Å². The first kappa shape index (κ1) is 22.8. The molecule has 0 radical (unpaired) electrons. The van der Waals surface area contributed by atoms with Crippen LogP contribution in [0.5, 0.6) is 0 Å². The monoisotopic (exact) mass is 430 g/mol. The van der Waals surface area contributed by atoms with Crippen molar-refractivity contribution in [2.45, 2.75) is 51.4 Å². The van der Waals surface area contributed by atoms with Gasteiger partial charge in [-0.25, -0.2) is 9.59 Å². The second-order valence-electron chi connectivity index (χ2n) is 7.68. The summed E-state index contributed by atoms with van der Waals surface area (Å²) in [6.45, 7) is 2.87. The summed E-state index contributed by atoms with van der Waals surface area (Å²) in [5.41, 5.74) is 2.08. The molecule has 2 aliphatic heterocycles. The largest absolute Gasteiger partial charge is 0.464 e. The lowest BCUT2D eigenvalue weighted by atomic mass is 10.1. The predicted molar refractivity (Wildman–Crippen MR) is 114 cm³/mol. The van der Waals surface area contributed by atoms with Gasteiger partial charge in [0, 0.05) is 13.0 Å². The topological polar surface area (TPSA) is 94.2 Å². The van der Waals surface area contributed by atoms with Gasteiger partial charge in [-0.2, -0.15) is 0 Å². The molecule has 0 aromatic heterocycles. The molecular weight excluding hydrogens is 400 g/mol. The van der Waals surface area contributed by atoms with E-state index in [2.05, 4.69) is 11.4 Å². The number of carbonyl (C=O) groups excluding carboxylic acids is 3. The van der Waals surface area contributed by atoms with Crippen molar-refractivity contribution in [2.24, 2.45) is 0 Å².